The number of carbonyl (C=O) groups is 1. The summed E-state index contributed by atoms with van der Waals surface area (Å²) in [5.74, 6) is -1.95. The molecule has 0 aliphatic heterocycles. The summed E-state index contributed by atoms with van der Waals surface area (Å²) in [6.07, 6.45) is 0. The fourth-order valence-electron chi connectivity index (χ4n) is 3.24. The van der Waals surface area contributed by atoms with Crippen LogP contribution in [0.4, 0.5) is 14.5 Å². The van der Waals surface area contributed by atoms with Crippen LogP contribution in [0.2, 0.25) is 0 Å². The monoisotopic (exact) mass is 437 g/mol. The summed E-state index contributed by atoms with van der Waals surface area (Å²) in [6.45, 7) is 0. The van der Waals surface area contributed by atoms with Gasteiger partial charge in [0.1, 0.15) is 28.8 Å². The van der Waals surface area contributed by atoms with Gasteiger partial charge in [0.15, 0.2) is 5.69 Å². The zero-order chi connectivity index (χ0) is 22.8. The lowest BCUT2D eigenvalue weighted by molar-refractivity contribution is 0.102. The Kier molecular flexibility index (Phi) is 5.55. The number of fused-ring (bicyclic) bond motifs is 1. The van der Waals surface area contributed by atoms with Gasteiger partial charge in [0.2, 0.25) is 0 Å². The molecule has 0 atom stereocenters. The van der Waals surface area contributed by atoms with Crippen molar-refractivity contribution in [3.63, 3.8) is 0 Å². The molecule has 0 aliphatic rings. The molecule has 1 N–H and O–H groups in total. The summed E-state index contributed by atoms with van der Waals surface area (Å²) in [4.78, 5) is 26.1. The van der Waals surface area contributed by atoms with E-state index in [1.807, 2.05) is 0 Å². The summed E-state index contributed by atoms with van der Waals surface area (Å²) in [5.41, 5.74) is -1.01. The van der Waals surface area contributed by atoms with Crippen LogP contribution in [-0.2, 0) is 0 Å². The third-order valence-corrected chi connectivity index (χ3v) is 4.80. The average Bonchev–Trinajstić information content (AvgIpc) is 2.81. The van der Waals surface area contributed by atoms with E-state index in [9.17, 15) is 18.4 Å². The molecule has 162 valence electrons. The van der Waals surface area contributed by atoms with Crippen molar-refractivity contribution in [2.24, 2.45) is 0 Å². The van der Waals surface area contributed by atoms with Gasteiger partial charge in [0, 0.05) is 23.6 Å². The van der Waals surface area contributed by atoms with Crippen LogP contribution in [0.5, 0.6) is 11.5 Å². The number of methoxy groups -OCH3 is 2. The van der Waals surface area contributed by atoms with Gasteiger partial charge in [-0.15, -0.1) is 0 Å². The highest BCUT2D eigenvalue weighted by Gasteiger charge is 2.20. The van der Waals surface area contributed by atoms with Gasteiger partial charge in [-0.3, -0.25) is 9.59 Å². The van der Waals surface area contributed by atoms with Crippen LogP contribution in [0.3, 0.4) is 0 Å². The van der Waals surface area contributed by atoms with E-state index in [-0.39, 0.29) is 22.2 Å². The van der Waals surface area contributed by atoms with E-state index in [1.54, 1.807) is 30.3 Å². The number of carbonyl (C=O) groups excluding carboxylic acids is 1. The number of halogens is 2. The third kappa shape index (κ3) is 3.76. The minimum Gasteiger partial charge on any atom is -0.497 e. The Morgan fingerprint density at radius 2 is 1.50 bits per heavy atom. The molecule has 4 rings (SSSR count). The van der Waals surface area contributed by atoms with E-state index in [0.717, 1.165) is 16.8 Å². The van der Waals surface area contributed by atoms with Gasteiger partial charge in [0.05, 0.1) is 25.3 Å². The second-order valence-corrected chi connectivity index (χ2v) is 6.73. The topological polar surface area (TPSA) is 82.4 Å². The molecule has 0 saturated carbocycles. The van der Waals surface area contributed by atoms with Crippen molar-refractivity contribution in [1.29, 1.82) is 0 Å². The fourth-order valence-corrected chi connectivity index (χ4v) is 3.24. The number of ether oxygens (including phenoxy) is 2. The minimum atomic E-state index is -0.937. The molecule has 1 amide bonds. The first kappa shape index (κ1) is 21.0. The molecule has 0 radical (unpaired) electrons. The van der Waals surface area contributed by atoms with Crippen LogP contribution >= 0.6 is 0 Å². The highest BCUT2D eigenvalue weighted by atomic mass is 19.1. The van der Waals surface area contributed by atoms with Crippen molar-refractivity contribution in [1.82, 2.24) is 9.78 Å². The molecule has 0 spiro atoms. The molecule has 0 fully saturated rings. The first-order valence-electron chi connectivity index (χ1n) is 9.44. The molecule has 9 heteroatoms. The molecule has 0 aliphatic carbocycles. The van der Waals surface area contributed by atoms with Crippen molar-refractivity contribution < 1.29 is 23.0 Å². The van der Waals surface area contributed by atoms with E-state index < -0.39 is 28.8 Å². The lowest BCUT2D eigenvalue weighted by Crippen LogP contribution is -2.27. The molecule has 1 heterocycles. The van der Waals surface area contributed by atoms with Gasteiger partial charge >= 0.3 is 0 Å². The summed E-state index contributed by atoms with van der Waals surface area (Å²) >= 11 is 0. The Hall–Kier alpha value is -4.27. The quantitative estimate of drug-likeness (QED) is 0.512. The third-order valence-electron chi connectivity index (χ3n) is 4.80. The zero-order valence-corrected chi connectivity index (χ0v) is 17.1. The molecule has 7 nitrogen and oxygen atoms in total. The van der Waals surface area contributed by atoms with Crippen LogP contribution in [-0.4, -0.2) is 29.9 Å². The van der Waals surface area contributed by atoms with Crippen LogP contribution in [0.1, 0.15) is 10.5 Å². The zero-order valence-electron chi connectivity index (χ0n) is 17.1. The second kappa shape index (κ2) is 8.46. The number of hydrogen-bond donors (Lipinski definition) is 1. The van der Waals surface area contributed by atoms with Crippen molar-refractivity contribution in [2.75, 3.05) is 19.5 Å². The number of rotatable bonds is 5. The smallest absolute Gasteiger partial charge is 0.279 e. The number of amides is 1. The number of nitrogens with zero attached hydrogens (tertiary/aromatic N) is 2. The number of nitrogens with one attached hydrogen (secondary N) is 1. The molecule has 32 heavy (non-hydrogen) atoms. The van der Waals surface area contributed by atoms with Gasteiger partial charge in [-0.25, -0.2) is 8.78 Å². The maximum atomic E-state index is 14.1. The standard InChI is InChI=1S/C23H17F2N3O4/c1-31-14-10-13(11-15(12-14)32-2)28-23(30)17-7-4-3-6-16(17)20(27-28)22(29)26-21-18(24)8-5-9-19(21)25/h3-12H,1-2H3,(H,26,29). The first-order valence-corrected chi connectivity index (χ1v) is 9.44. The summed E-state index contributed by atoms with van der Waals surface area (Å²) < 4.78 is 39.6. The minimum absolute atomic E-state index is 0.190. The Labute approximate surface area is 180 Å². The van der Waals surface area contributed by atoms with E-state index in [2.05, 4.69) is 10.4 Å². The highest BCUT2D eigenvalue weighted by molar-refractivity contribution is 6.11. The number of aromatic nitrogens is 2. The molecule has 3 aromatic carbocycles. The molecule has 0 saturated heterocycles. The largest absolute Gasteiger partial charge is 0.497 e. The van der Waals surface area contributed by atoms with Crippen LogP contribution in [0.25, 0.3) is 16.5 Å². The van der Waals surface area contributed by atoms with E-state index in [0.29, 0.717) is 11.5 Å². The van der Waals surface area contributed by atoms with Gasteiger partial charge in [-0.1, -0.05) is 24.3 Å². The average molecular weight is 437 g/mol. The molecular weight excluding hydrogens is 420 g/mol. The van der Waals surface area contributed by atoms with Gasteiger partial charge in [0.25, 0.3) is 11.5 Å². The van der Waals surface area contributed by atoms with Crippen molar-refractivity contribution >= 4 is 22.4 Å². The molecular formula is C23H17F2N3O4. The summed E-state index contributed by atoms with van der Waals surface area (Å²) in [6, 6.07) is 14.3. The normalized spacial score (nSPS) is 10.8. The summed E-state index contributed by atoms with van der Waals surface area (Å²) in [5, 5.41) is 6.86. The van der Waals surface area contributed by atoms with Crippen LogP contribution < -0.4 is 20.3 Å². The SMILES string of the molecule is COc1cc(OC)cc(-n2nc(C(=O)Nc3c(F)cccc3F)c3ccccc3c2=O)c1. The maximum Gasteiger partial charge on any atom is 0.279 e. The number of benzene rings is 3. The Morgan fingerprint density at radius 3 is 2.09 bits per heavy atom. The van der Waals surface area contributed by atoms with Crippen molar-refractivity contribution in [3.8, 4) is 17.2 Å². The van der Waals surface area contributed by atoms with Crippen molar-refractivity contribution in [2.45, 2.75) is 0 Å². The Balaban J connectivity index is 1.92. The van der Waals surface area contributed by atoms with E-state index in [4.69, 9.17) is 9.47 Å². The molecule has 0 bridgehead atoms. The predicted molar refractivity (Wildman–Crippen MR) is 115 cm³/mol. The van der Waals surface area contributed by atoms with E-state index >= 15 is 0 Å². The molecule has 4 aromatic rings. The Morgan fingerprint density at radius 1 is 0.906 bits per heavy atom. The van der Waals surface area contributed by atoms with Gasteiger partial charge < -0.3 is 14.8 Å². The Bertz CT molecular complexity index is 1360. The van der Waals surface area contributed by atoms with E-state index in [1.165, 1.54) is 32.4 Å². The molecule has 1 aromatic heterocycles. The highest BCUT2D eigenvalue weighted by Crippen LogP contribution is 2.25. The molecule has 0 unspecified atom stereocenters. The lowest BCUT2D eigenvalue weighted by atomic mass is 10.1. The second-order valence-electron chi connectivity index (χ2n) is 6.73. The fraction of sp³-hybridized carbons (Fsp3) is 0.0870. The number of hydrogen-bond acceptors (Lipinski definition) is 5. The number of anilines is 1. The predicted octanol–water partition coefficient (Wildman–Crippen LogP) is 3.93. The summed E-state index contributed by atoms with van der Waals surface area (Å²) in [7, 11) is 2.91. The van der Waals surface area contributed by atoms with Crippen LogP contribution in [0.15, 0.2) is 65.5 Å². The lowest BCUT2D eigenvalue weighted by Gasteiger charge is -2.13. The number of para-hydroxylation sites is 1. The van der Waals surface area contributed by atoms with Gasteiger partial charge in [-0.2, -0.15) is 9.78 Å². The van der Waals surface area contributed by atoms with Gasteiger partial charge in [-0.05, 0) is 18.2 Å². The first-order chi connectivity index (χ1) is 15.4. The van der Waals surface area contributed by atoms with Crippen LogP contribution in [0, 0.1) is 11.6 Å². The van der Waals surface area contributed by atoms with Crippen molar-refractivity contribution in [3.05, 3.63) is 88.3 Å². The maximum absolute atomic E-state index is 14.1.